The summed E-state index contributed by atoms with van der Waals surface area (Å²) in [6, 6.07) is 3.81. The zero-order valence-electron chi connectivity index (χ0n) is 11.3. The second-order valence-electron chi connectivity index (χ2n) is 4.45. The van der Waals surface area contributed by atoms with Gasteiger partial charge in [-0.15, -0.1) is 0 Å². The largest absolute Gasteiger partial charge is 0.355 e. The zero-order chi connectivity index (χ0) is 13.5. The lowest BCUT2D eigenvalue weighted by Gasteiger charge is -2.30. The van der Waals surface area contributed by atoms with Gasteiger partial charge in [0, 0.05) is 31.0 Å². The first kappa shape index (κ1) is 14.6. The second kappa shape index (κ2) is 7.08. The van der Waals surface area contributed by atoms with Crippen molar-refractivity contribution in [2.24, 2.45) is 5.73 Å². The molecule has 0 aliphatic rings. The van der Waals surface area contributed by atoms with E-state index in [1.54, 1.807) is 12.4 Å². The topological polar surface area (TPSA) is 71.2 Å². The van der Waals surface area contributed by atoms with Gasteiger partial charge in [-0.2, -0.15) is 0 Å². The van der Waals surface area contributed by atoms with Gasteiger partial charge < -0.3 is 11.1 Å². The van der Waals surface area contributed by atoms with Gasteiger partial charge in [0.05, 0.1) is 6.54 Å². The Hall–Kier alpha value is -1.46. The average molecular weight is 250 g/mol. The van der Waals surface area contributed by atoms with Crippen molar-refractivity contribution in [3.63, 3.8) is 0 Å². The molecule has 1 aromatic rings. The molecule has 2 unspecified atom stereocenters. The molecule has 0 bridgehead atoms. The van der Waals surface area contributed by atoms with Crippen molar-refractivity contribution >= 4 is 5.91 Å². The fraction of sp³-hybridized carbons (Fsp3) is 0.538. The van der Waals surface area contributed by atoms with E-state index in [0.717, 1.165) is 5.56 Å². The Morgan fingerprint density at radius 1 is 1.50 bits per heavy atom. The number of carbonyl (C=O) groups excluding carboxylic acids is 1. The molecule has 2 atom stereocenters. The Balaban J connectivity index is 2.77. The maximum Gasteiger partial charge on any atom is 0.234 e. The highest BCUT2D eigenvalue weighted by Crippen LogP contribution is 2.21. The van der Waals surface area contributed by atoms with E-state index in [2.05, 4.69) is 10.3 Å². The molecule has 5 nitrogen and oxygen atoms in total. The fourth-order valence-electron chi connectivity index (χ4n) is 2.10. The van der Waals surface area contributed by atoms with Crippen LogP contribution in [-0.2, 0) is 4.79 Å². The molecule has 5 heteroatoms. The fourth-order valence-corrected chi connectivity index (χ4v) is 2.10. The van der Waals surface area contributed by atoms with E-state index in [1.165, 1.54) is 0 Å². The lowest BCUT2D eigenvalue weighted by atomic mass is 10.0. The molecule has 18 heavy (non-hydrogen) atoms. The highest BCUT2D eigenvalue weighted by atomic mass is 16.2. The van der Waals surface area contributed by atoms with Crippen molar-refractivity contribution in [3.05, 3.63) is 30.1 Å². The summed E-state index contributed by atoms with van der Waals surface area (Å²) in [6.45, 7) is 4.83. The maximum absolute atomic E-state index is 11.6. The van der Waals surface area contributed by atoms with Crippen molar-refractivity contribution in [3.8, 4) is 0 Å². The Morgan fingerprint density at radius 3 is 2.61 bits per heavy atom. The lowest BCUT2D eigenvalue weighted by molar-refractivity contribution is -0.122. The SMILES string of the molecule is CCNC(=O)CN(C)C(c1ccncc1)C(C)N. The summed E-state index contributed by atoms with van der Waals surface area (Å²) in [5.41, 5.74) is 7.10. The van der Waals surface area contributed by atoms with Gasteiger partial charge in [-0.1, -0.05) is 0 Å². The summed E-state index contributed by atoms with van der Waals surface area (Å²) >= 11 is 0. The minimum atomic E-state index is -0.0631. The third kappa shape index (κ3) is 4.09. The van der Waals surface area contributed by atoms with Crippen LogP contribution in [0, 0.1) is 0 Å². The summed E-state index contributed by atoms with van der Waals surface area (Å²) in [6.07, 6.45) is 3.48. The molecular weight excluding hydrogens is 228 g/mol. The molecule has 0 saturated heterocycles. The van der Waals surface area contributed by atoms with Crippen LogP contribution in [0.4, 0.5) is 0 Å². The lowest BCUT2D eigenvalue weighted by Crippen LogP contribution is -2.42. The van der Waals surface area contributed by atoms with Gasteiger partial charge in [-0.05, 0) is 38.6 Å². The molecule has 100 valence electrons. The number of amides is 1. The minimum Gasteiger partial charge on any atom is -0.355 e. The number of nitrogens with zero attached hydrogens (tertiary/aromatic N) is 2. The van der Waals surface area contributed by atoms with Crippen molar-refractivity contribution in [1.29, 1.82) is 0 Å². The smallest absolute Gasteiger partial charge is 0.234 e. The summed E-state index contributed by atoms with van der Waals surface area (Å²) in [7, 11) is 1.91. The van der Waals surface area contributed by atoms with Crippen molar-refractivity contribution in [1.82, 2.24) is 15.2 Å². The molecule has 0 radical (unpaired) electrons. The number of aromatic nitrogens is 1. The van der Waals surface area contributed by atoms with Gasteiger partial charge in [-0.3, -0.25) is 14.7 Å². The van der Waals surface area contributed by atoms with Gasteiger partial charge in [0.25, 0.3) is 0 Å². The number of hydrogen-bond acceptors (Lipinski definition) is 4. The van der Waals surface area contributed by atoms with Crippen LogP contribution in [0.1, 0.15) is 25.5 Å². The summed E-state index contributed by atoms with van der Waals surface area (Å²) in [4.78, 5) is 17.6. The highest BCUT2D eigenvalue weighted by Gasteiger charge is 2.22. The number of hydrogen-bond donors (Lipinski definition) is 2. The van der Waals surface area contributed by atoms with Gasteiger partial charge >= 0.3 is 0 Å². The van der Waals surface area contributed by atoms with Gasteiger partial charge in [-0.25, -0.2) is 0 Å². The minimum absolute atomic E-state index is 0.00982. The molecule has 0 aliphatic heterocycles. The Kier molecular flexibility index (Phi) is 5.74. The first-order valence-corrected chi connectivity index (χ1v) is 6.18. The molecule has 1 heterocycles. The first-order valence-electron chi connectivity index (χ1n) is 6.18. The van der Waals surface area contributed by atoms with Crippen LogP contribution in [0.2, 0.25) is 0 Å². The van der Waals surface area contributed by atoms with Crippen LogP contribution in [0.3, 0.4) is 0 Å². The second-order valence-corrected chi connectivity index (χ2v) is 4.45. The summed E-state index contributed by atoms with van der Waals surface area (Å²) < 4.78 is 0. The van der Waals surface area contributed by atoms with Crippen molar-refractivity contribution in [2.45, 2.75) is 25.9 Å². The predicted molar refractivity (Wildman–Crippen MR) is 71.9 cm³/mol. The summed E-state index contributed by atoms with van der Waals surface area (Å²) in [5.74, 6) is 0.0136. The molecule has 0 spiro atoms. The molecule has 0 saturated carbocycles. The van der Waals surface area contributed by atoms with Crippen LogP contribution >= 0.6 is 0 Å². The summed E-state index contributed by atoms with van der Waals surface area (Å²) in [5, 5.41) is 2.79. The van der Waals surface area contributed by atoms with Crippen molar-refractivity contribution in [2.75, 3.05) is 20.1 Å². The standard InChI is InChI=1S/C13H22N4O/c1-4-16-12(18)9-17(3)13(10(2)14)11-5-7-15-8-6-11/h5-8,10,13H,4,9,14H2,1-3H3,(H,16,18). The Morgan fingerprint density at radius 2 is 2.11 bits per heavy atom. The molecule has 3 N–H and O–H groups in total. The first-order chi connectivity index (χ1) is 8.56. The van der Waals surface area contributed by atoms with E-state index < -0.39 is 0 Å². The van der Waals surface area contributed by atoms with Crippen LogP contribution in [0.25, 0.3) is 0 Å². The van der Waals surface area contributed by atoms with Crippen LogP contribution in [0.5, 0.6) is 0 Å². The average Bonchev–Trinajstić information content (AvgIpc) is 2.30. The molecule has 1 amide bonds. The Labute approximate surface area is 108 Å². The highest BCUT2D eigenvalue weighted by molar-refractivity contribution is 5.77. The van der Waals surface area contributed by atoms with Gasteiger partial charge in [0.1, 0.15) is 0 Å². The molecular formula is C13H22N4O. The Bertz CT molecular complexity index is 367. The normalized spacial score (nSPS) is 14.3. The van der Waals surface area contributed by atoms with Gasteiger partial charge in [0.15, 0.2) is 0 Å². The zero-order valence-corrected chi connectivity index (χ0v) is 11.3. The van der Waals surface area contributed by atoms with E-state index in [1.807, 2.05) is 37.9 Å². The monoisotopic (exact) mass is 250 g/mol. The number of carbonyl (C=O) groups is 1. The predicted octanol–water partition coefficient (Wildman–Crippen LogP) is 0.538. The van der Waals surface area contributed by atoms with E-state index >= 15 is 0 Å². The molecule has 0 fully saturated rings. The van der Waals surface area contributed by atoms with Crippen LogP contribution in [-0.4, -0.2) is 42.0 Å². The van der Waals surface area contributed by atoms with Gasteiger partial charge in [0.2, 0.25) is 5.91 Å². The third-order valence-electron chi connectivity index (χ3n) is 2.79. The van der Waals surface area contributed by atoms with E-state index in [0.29, 0.717) is 13.1 Å². The van der Waals surface area contributed by atoms with Crippen molar-refractivity contribution < 1.29 is 4.79 Å². The van der Waals surface area contributed by atoms with Crippen LogP contribution < -0.4 is 11.1 Å². The number of nitrogens with one attached hydrogen (secondary N) is 1. The van der Waals surface area contributed by atoms with E-state index in [4.69, 9.17) is 5.73 Å². The van der Waals surface area contributed by atoms with E-state index in [-0.39, 0.29) is 18.0 Å². The quantitative estimate of drug-likeness (QED) is 0.773. The molecule has 0 aromatic carbocycles. The number of likely N-dealkylation sites (N-methyl/N-ethyl adjacent to an activating group) is 2. The molecule has 1 aromatic heterocycles. The number of nitrogens with two attached hydrogens (primary N) is 1. The number of pyridine rings is 1. The molecule has 0 aliphatic carbocycles. The van der Waals surface area contributed by atoms with E-state index in [9.17, 15) is 4.79 Å². The number of rotatable bonds is 6. The van der Waals surface area contributed by atoms with Crippen LogP contribution in [0.15, 0.2) is 24.5 Å². The third-order valence-corrected chi connectivity index (χ3v) is 2.79. The molecule has 1 rings (SSSR count). The maximum atomic E-state index is 11.6.